The first-order valence-electron chi connectivity index (χ1n) is 4.04. The maximum absolute atomic E-state index is 10.4. The summed E-state index contributed by atoms with van der Waals surface area (Å²) in [6.45, 7) is 0. The number of amides is 1. The van der Waals surface area contributed by atoms with Gasteiger partial charge in [-0.3, -0.25) is 0 Å². The van der Waals surface area contributed by atoms with Gasteiger partial charge in [0, 0.05) is 0 Å². The molecule has 0 heterocycles. The van der Waals surface area contributed by atoms with Crippen LogP contribution in [-0.2, 0) is 0 Å². The quantitative estimate of drug-likeness (QED) is 0.686. The predicted molar refractivity (Wildman–Crippen MR) is 49.4 cm³/mol. The van der Waals surface area contributed by atoms with Gasteiger partial charge in [-0.05, 0) is 11.1 Å². The lowest BCUT2D eigenvalue weighted by Crippen LogP contribution is -2.24. The summed E-state index contributed by atoms with van der Waals surface area (Å²) in [5.41, 5.74) is 2.10. The van der Waals surface area contributed by atoms with Gasteiger partial charge in [-0.1, -0.05) is 36.4 Å². The summed E-state index contributed by atoms with van der Waals surface area (Å²) in [5, 5.41) is 11.0. The van der Waals surface area contributed by atoms with Crippen molar-refractivity contribution in [1.29, 1.82) is 0 Å². The van der Waals surface area contributed by atoms with Crippen LogP contribution >= 0.6 is 0 Å². The van der Waals surface area contributed by atoms with Gasteiger partial charge < -0.3 is 10.4 Å². The van der Waals surface area contributed by atoms with E-state index in [-0.39, 0.29) is 6.04 Å². The van der Waals surface area contributed by atoms with Crippen LogP contribution < -0.4 is 5.32 Å². The lowest BCUT2D eigenvalue weighted by atomic mass is 10.1. The third-order valence-corrected chi connectivity index (χ3v) is 2.08. The van der Waals surface area contributed by atoms with Crippen molar-refractivity contribution >= 4 is 12.2 Å². The zero-order valence-electron chi connectivity index (χ0n) is 6.90. The van der Waals surface area contributed by atoms with Gasteiger partial charge in [0.2, 0.25) is 0 Å². The van der Waals surface area contributed by atoms with Crippen LogP contribution in [0.4, 0.5) is 4.79 Å². The van der Waals surface area contributed by atoms with E-state index < -0.39 is 6.09 Å². The number of hydrogen-bond donors (Lipinski definition) is 2. The number of fused-ring (bicyclic) bond motifs is 1. The first kappa shape index (κ1) is 7.86. The fourth-order valence-corrected chi connectivity index (χ4v) is 1.51. The maximum atomic E-state index is 10.4. The fourth-order valence-electron chi connectivity index (χ4n) is 1.51. The molecule has 0 saturated heterocycles. The van der Waals surface area contributed by atoms with Gasteiger partial charge in [0.25, 0.3) is 0 Å². The number of carboxylic acid groups (broad SMARTS) is 1. The molecule has 0 aromatic heterocycles. The van der Waals surface area contributed by atoms with E-state index in [0.717, 1.165) is 11.1 Å². The van der Waals surface area contributed by atoms with Crippen molar-refractivity contribution < 1.29 is 9.90 Å². The molecule has 0 saturated carbocycles. The van der Waals surface area contributed by atoms with Gasteiger partial charge in [0.15, 0.2) is 0 Å². The molecular weight excluding hydrogens is 166 g/mol. The third-order valence-electron chi connectivity index (χ3n) is 2.08. The smallest absolute Gasteiger partial charge is 0.405 e. The first-order chi connectivity index (χ1) is 6.27. The van der Waals surface area contributed by atoms with E-state index in [1.54, 1.807) is 0 Å². The second-order valence-electron chi connectivity index (χ2n) is 2.92. The molecule has 1 aromatic carbocycles. The van der Waals surface area contributed by atoms with Gasteiger partial charge in [-0.25, -0.2) is 4.79 Å². The molecule has 1 amide bonds. The molecule has 0 fully saturated rings. The Bertz CT molecular complexity index is 371. The van der Waals surface area contributed by atoms with Crippen LogP contribution in [0.2, 0.25) is 0 Å². The van der Waals surface area contributed by atoms with E-state index in [9.17, 15) is 4.79 Å². The number of carbonyl (C=O) groups is 1. The van der Waals surface area contributed by atoms with Crippen LogP contribution in [0.5, 0.6) is 0 Å². The SMILES string of the molecule is O=C(O)NC1C=Cc2ccccc21. The second-order valence-corrected chi connectivity index (χ2v) is 2.92. The maximum Gasteiger partial charge on any atom is 0.405 e. The molecule has 1 atom stereocenters. The van der Waals surface area contributed by atoms with Gasteiger partial charge in [-0.2, -0.15) is 0 Å². The molecule has 3 nitrogen and oxygen atoms in total. The van der Waals surface area contributed by atoms with E-state index in [0.29, 0.717) is 0 Å². The molecule has 2 rings (SSSR count). The van der Waals surface area contributed by atoms with Gasteiger partial charge in [-0.15, -0.1) is 0 Å². The van der Waals surface area contributed by atoms with E-state index in [4.69, 9.17) is 5.11 Å². The van der Waals surface area contributed by atoms with Crippen LogP contribution in [0.15, 0.2) is 30.3 Å². The van der Waals surface area contributed by atoms with E-state index in [2.05, 4.69) is 5.32 Å². The summed E-state index contributed by atoms with van der Waals surface area (Å²) in [6.07, 6.45) is 2.78. The number of rotatable bonds is 1. The molecule has 0 spiro atoms. The predicted octanol–water partition coefficient (Wildman–Crippen LogP) is 2.02. The first-order valence-corrected chi connectivity index (χ1v) is 4.04. The Morgan fingerprint density at radius 1 is 1.38 bits per heavy atom. The number of nitrogens with one attached hydrogen (secondary N) is 1. The molecule has 0 radical (unpaired) electrons. The zero-order chi connectivity index (χ0) is 9.26. The highest BCUT2D eigenvalue weighted by atomic mass is 16.4. The zero-order valence-corrected chi connectivity index (χ0v) is 6.90. The van der Waals surface area contributed by atoms with E-state index in [1.807, 2.05) is 36.4 Å². The Kier molecular flexibility index (Phi) is 1.77. The Morgan fingerprint density at radius 3 is 2.92 bits per heavy atom. The van der Waals surface area contributed by atoms with Gasteiger partial charge in [0.1, 0.15) is 0 Å². The summed E-state index contributed by atoms with van der Waals surface area (Å²) in [4.78, 5) is 10.4. The van der Waals surface area contributed by atoms with Crippen molar-refractivity contribution in [3.63, 3.8) is 0 Å². The largest absolute Gasteiger partial charge is 0.465 e. The highest BCUT2D eigenvalue weighted by Crippen LogP contribution is 2.27. The summed E-state index contributed by atoms with van der Waals surface area (Å²) in [6, 6.07) is 7.55. The molecule has 13 heavy (non-hydrogen) atoms. The van der Waals surface area contributed by atoms with Crippen LogP contribution in [0, 0.1) is 0 Å². The molecule has 1 aliphatic carbocycles. The van der Waals surface area contributed by atoms with E-state index >= 15 is 0 Å². The summed E-state index contributed by atoms with van der Waals surface area (Å²) in [5.74, 6) is 0. The molecule has 1 aromatic rings. The van der Waals surface area contributed by atoms with Crippen molar-refractivity contribution in [2.24, 2.45) is 0 Å². The minimum Gasteiger partial charge on any atom is -0.465 e. The van der Waals surface area contributed by atoms with Crippen LogP contribution in [-0.4, -0.2) is 11.2 Å². The van der Waals surface area contributed by atoms with Gasteiger partial charge in [0.05, 0.1) is 6.04 Å². The molecule has 1 aliphatic rings. The molecule has 1 unspecified atom stereocenters. The minimum absolute atomic E-state index is 0.186. The third kappa shape index (κ3) is 1.40. The van der Waals surface area contributed by atoms with Crippen molar-refractivity contribution in [3.05, 3.63) is 41.5 Å². The van der Waals surface area contributed by atoms with Crippen molar-refractivity contribution in [1.82, 2.24) is 5.32 Å². The van der Waals surface area contributed by atoms with Crippen molar-refractivity contribution in [2.75, 3.05) is 0 Å². The summed E-state index contributed by atoms with van der Waals surface area (Å²) < 4.78 is 0. The van der Waals surface area contributed by atoms with Crippen LogP contribution in [0.1, 0.15) is 17.2 Å². The fraction of sp³-hybridized carbons (Fsp3) is 0.100. The standard InChI is InChI=1S/C10H9NO2/c12-10(13)11-9-6-5-7-3-1-2-4-8(7)9/h1-6,9,11H,(H,12,13). The highest BCUT2D eigenvalue weighted by Gasteiger charge is 2.17. The Balaban J connectivity index is 2.28. The lowest BCUT2D eigenvalue weighted by Gasteiger charge is -2.09. The molecule has 2 N–H and O–H groups in total. The molecule has 0 bridgehead atoms. The topological polar surface area (TPSA) is 49.3 Å². The lowest BCUT2D eigenvalue weighted by molar-refractivity contribution is 0.192. The van der Waals surface area contributed by atoms with Crippen LogP contribution in [0.3, 0.4) is 0 Å². The molecule has 0 aliphatic heterocycles. The normalized spacial score (nSPS) is 18.3. The van der Waals surface area contributed by atoms with E-state index in [1.165, 1.54) is 0 Å². The Hall–Kier alpha value is -1.77. The summed E-state index contributed by atoms with van der Waals surface area (Å²) in [7, 11) is 0. The minimum atomic E-state index is -0.994. The Labute approximate surface area is 75.7 Å². The second kappa shape index (κ2) is 2.94. The van der Waals surface area contributed by atoms with Crippen molar-refractivity contribution in [3.8, 4) is 0 Å². The average Bonchev–Trinajstić information content (AvgIpc) is 2.48. The van der Waals surface area contributed by atoms with Gasteiger partial charge >= 0.3 is 6.09 Å². The number of benzene rings is 1. The average molecular weight is 175 g/mol. The molecule has 66 valence electrons. The van der Waals surface area contributed by atoms with Crippen LogP contribution in [0.25, 0.3) is 6.08 Å². The van der Waals surface area contributed by atoms with Crippen molar-refractivity contribution in [2.45, 2.75) is 6.04 Å². The summed E-state index contributed by atoms with van der Waals surface area (Å²) >= 11 is 0. The number of hydrogen-bond acceptors (Lipinski definition) is 1. The monoisotopic (exact) mass is 175 g/mol. The molecular formula is C10H9NO2. The molecule has 3 heteroatoms. The Morgan fingerprint density at radius 2 is 2.15 bits per heavy atom. The highest BCUT2D eigenvalue weighted by molar-refractivity contribution is 5.69.